The molecule has 0 spiro atoms. The fourth-order valence-corrected chi connectivity index (χ4v) is 2.18. The van der Waals surface area contributed by atoms with E-state index < -0.39 is 11.9 Å². The van der Waals surface area contributed by atoms with Crippen LogP contribution in [0.4, 0.5) is 4.39 Å². The van der Waals surface area contributed by atoms with Crippen molar-refractivity contribution < 1.29 is 9.50 Å². The Bertz CT molecular complexity index is 593. The molecule has 1 aromatic carbocycles. The molecule has 0 fully saturated rings. The average molecular weight is 313 g/mol. The molecule has 0 saturated heterocycles. The first kappa shape index (κ1) is 13.2. The van der Waals surface area contributed by atoms with Crippen LogP contribution in [0.2, 0.25) is 0 Å². The summed E-state index contributed by atoms with van der Waals surface area (Å²) in [5.74, 6) is -0.397. The number of nitrogens with zero attached hydrogens (tertiary/aromatic N) is 2. The zero-order chi connectivity index (χ0) is 13.4. The van der Waals surface area contributed by atoms with E-state index in [9.17, 15) is 9.50 Å². The lowest BCUT2D eigenvalue weighted by molar-refractivity contribution is 0.198. The second-order valence-corrected chi connectivity index (χ2v) is 5.04. The molecule has 2 rings (SSSR count). The highest BCUT2D eigenvalue weighted by atomic mass is 79.9. The standard InChI is InChI=1S/C13H14BrFN2O/c1-7-12(14)8(2)17(16-7)13-10(9(3)18)5-4-6-11(13)15/h4-6,9,18H,1-3H3/t9-/m0/s1. The van der Waals surface area contributed by atoms with Crippen molar-refractivity contribution in [2.75, 3.05) is 0 Å². The molecule has 0 unspecified atom stereocenters. The summed E-state index contributed by atoms with van der Waals surface area (Å²) in [4.78, 5) is 0. The van der Waals surface area contributed by atoms with Crippen LogP contribution in [-0.4, -0.2) is 14.9 Å². The summed E-state index contributed by atoms with van der Waals surface area (Å²) >= 11 is 3.42. The van der Waals surface area contributed by atoms with Crippen LogP contribution in [0.5, 0.6) is 0 Å². The highest BCUT2D eigenvalue weighted by molar-refractivity contribution is 9.10. The van der Waals surface area contributed by atoms with Crippen molar-refractivity contribution in [3.63, 3.8) is 0 Å². The molecular weight excluding hydrogens is 299 g/mol. The first-order chi connectivity index (χ1) is 8.43. The zero-order valence-electron chi connectivity index (χ0n) is 10.4. The molecule has 1 atom stereocenters. The maximum absolute atomic E-state index is 14.0. The van der Waals surface area contributed by atoms with E-state index >= 15 is 0 Å². The Hall–Kier alpha value is -1.20. The van der Waals surface area contributed by atoms with Crippen LogP contribution in [0.3, 0.4) is 0 Å². The van der Waals surface area contributed by atoms with Crippen LogP contribution >= 0.6 is 15.9 Å². The number of aliphatic hydroxyl groups is 1. The minimum Gasteiger partial charge on any atom is -0.389 e. The van der Waals surface area contributed by atoms with E-state index in [0.29, 0.717) is 11.3 Å². The van der Waals surface area contributed by atoms with E-state index in [4.69, 9.17) is 0 Å². The van der Waals surface area contributed by atoms with E-state index in [0.717, 1.165) is 15.9 Å². The number of aryl methyl sites for hydroxylation is 1. The minimum atomic E-state index is -0.751. The minimum absolute atomic E-state index is 0.304. The zero-order valence-corrected chi connectivity index (χ0v) is 12.0. The van der Waals surface area contributed by atoms with Gasteiger partial charge in [0.05, 0.1) is 22.0 Å². The van der Waals surface area contributed by atoms with Crippen molar-refractivity contribution in [1.82, 2.24) is 9.78 Å². The van der Waals surface area contributed by atoms with Gasteiger partial charge in [0.25, 0.3) is 0 Å². The third-order valence-electron chi connectivity index (χ3n) is 2.88. The first-order valence-electron chi connectivity index (χ1n) is 5.62. The fraction of sp³-hybridized carbons (Fsp3) is 0.308. The average Bonchev–Trinajstić information content (AvgIpc) is 2.56. The smallest absolute Gasteiger partial charge is 0.149 e. The van der Waals surface area contributed by atoms with Crippen LogP contribution < -0.4 is 0 Å². The van der Waals surface area contributed by atoms with E-state index in [1.807, 2.05) is 13.8 Å². The third-order valence-corrected chi connectivity index (χ3v) is 4.03. The molecule has 0 aliphatic rings. The molecule has 96 valence electrons. The van der Waals surface area contributed by atoms with Gasteiger partial charge in [-0.05, 0) is 42.8 Å². The molecule has 3 nitrogen and oxygen atoms in total. The van der Waals surface area contributed by atoms with Crippen molar-refractivity contribution in [3.05, 3.63) is 45.4 Å². The number of aromatic nitrogens is 2. The molecule has 1 N–H and O–H groups in total. The molecule has 1 heterocycles. The predicted molar refractivity (Wildman–Crippen MR) is 71.3 cm³/mol. The normalized spacial score (nSPS) is 12.8. The maximum Gasteiger partial charge on any atom is 0.149 e. The van der Waals surface area contributed by atoms with Crippen molar-refractivity contribution in [3.8, 4) is 5.69 Å². The number of benzene rings is 1. The molecule has 0 radical (unpaired) electrons. The molecule has 0 aliphatic carbocycles. The highest BCUT2D eigenvalue weighted by Gasteiger charge is 2.18. The monoisotopic (exact) mass is 312 g/mol. The van der Waals surface area contributed by atoms with Gasteiger partial charge in [0, 0.05) is 5.56 Å². The van der Waals surface area contributed by atoms with Gasteiger partial charge in [0.1, 0.15) is 11.5 Å². The van der Waals surface area contributed by atoms with Crippen molar-refractivity contribution in [1.29, 1.82) is 0 Å². The summed E-state index contributed by atoms with van der Waals surface area (Å²) in [7, 11) is 0. The van der Waals surface area contributed by atoms with E-state index in [1.54, 1.807) is 19.1 Å². The van der Waals surface area contributed by atoms with Crippen LogP contribution in [0.15, 0.2) is 22.7 Å². The van der Waals surface area contributed by atoms with Crippen molar-refractivity contribution in [2.45, 2.75) is 26.9 Å². The molecule has 0 bridgehead atoms. The molecule has 2 aromatic rings. The number of para-hydroxylation sites is 1. The molecule has 0 amide bonds. The second-order valence-electron chi connectivity index (χ2n) is 4.25. The topological polar surface area (TPSA) is 38.0 Å². The number of rotatable bonds is 2. The molecule has 5 heteroatoms. The molecule has 18 heavy (non-hydrogen) atoms. The van der Waals surface area contributed by atoms with E-state index in [-0.39, 0.29) is 0 Å². The quantitative estimate of drug-likeness (QED) is 0.922. The maximum atomic E-state index is 14.0. The van der Waals surface area contributed by atoms with Crippen molar-refractivity contribution >= 4 is 15.9 Å². The SMILES string of the molecule is Cc1nn(-c2c(F)cccc2[C@H](C)O)c(C)c1Br. The first-order valence-corrected chi connectivity index (χ1v) is 6.41. The fourth-order valence-electron chi connectivity index (χ4n) is 1.93. The highest BCUT2D eigenvalue weighted by Crippen LogP contribution is 2.29. The lowest BCUT2D eigenvalue weighted by atomic mass is 10.1. The third kappa shape index (κ3) is 2.08. The predicted octanol–water partition coefficient (Wildman–Crippen LogP) is 3.44. The second kappa shape index (κ2) is 4.82. The van der Waals surface area contributed by atoms with Crippen LogP contribution in [0, 0.1) is 19.7 Å². The molecule has 0 aliphatic heterocycles. The summed E-state index contributed by atoms with van der Waals surface area (Å²) in [5.41, 5.74) is 2.42. The summed E-state index contributed by atoms with van der Waals surface area (Å²) in [6, 6.07) is 4.65. The van der Waals surface area contributed by atoms with Gasteiger partial charge in [0.2, 0.25) is 0 Å². The van der Waals surface area contributed by atoms with Gasteiger partial charge in [0.15, 0.2) is 0 Å². The molecule has 1 aromatic heterocycles. The van der Waals surface area contributed by atoms with Gasteiger partial charge in [-0.25, -0.2) is 9.07 Å². The lowest BCUT2D eigenvalue weighted by Gasteiger charge is -2.14. The molecule has 0 saturated carbocycles. The van der Waals surface area contributed by atoms with Gasteiger partial charge >= 0.3 is 0 Å². The van der Waals surface area contributed by atoms with Gasteiger partial charge < -0.3 is 5.11 Å². The number of aliphatic hydroxyl groups excluding tert-OH is 1. The van der Waals surface area contributed by atoms with Crippen molar-refractivity contribution in [2.24, 2.45) is 0 Å². The van der Waals surface area contributed by atoms with Gasteiger partial charge in [-0.2, -0.15) is 5.10 Å². The molecular formula is C13H14BrFN2O. The Kier molecular flexibility index (Phi) is 3.54. The summed E-state index contributed by atoms with van der Waals surface area (Å²) in [6.07, 6.45) is -0.751. The summed E-state index contributed by atoms with van der Waals surface area (Å²) in [5, 5.41) is 14.0. The largest absolute Gasteiger partial charge is 0.389 e. The Balaban J connectivity index is 2.74. The Morgan fingerprint density at radius 3 is 2.56 bits per heavy atom. The van der Waals surface area contributed by atoms with Crippen LogP contribution in [0.25, 0.3) is 5.69 Å². The van der Waals surface area contributed by atoms with Crippen LogP contribution in [-0.2, 0) is 0 Å². The number of hydrogen-bond acceptors (Lipinski definition) is 2. The van der Waals surface area contributed by atoms with E-state index in [2.05, 4.69) is 21.0 Å². The Morgan fingerprint density at radius 2 is 2.06 bits per heavy atom. The van der Waals surface area contributed by atoms with Gasteiger partial charge in [-0.3, -0.25) is 0 Å². The van der Waals surface area contributed by atoms with Crippen LogP contribution in [0.1, 0.15) is 30.0 Å². The number of halogens is 2. The van der Waals surface area contributed by atoms with E-state index in [1.165, 1.54) is 10.7 Å². The Morgan fingerprint density at radius 1 is 1.39 bits per heavy atom. The van der Waals surface area contributed by atoms with Gasteiger partial charge in [-0.1, -0.05) is 12.1 Å². The Labute approximate surface area is 113 Å². The number of hydrogen-bond donors (Lipinski definition) is 1. The van der Waals surface area contributed by atoms with Gasteiger partial charge in [-0.15, -0.1) is 0 Å². The lowest BCUT2D eigenvalue weighted by Crippen LogP contribution is -2.08. The summed E-state index contributed by atoms with van der Waals surface area (Å²) < 4.78 is 16.4. The summed E-state index contributed by atoms with van der Waals surface area (Å²) in [6.45, 7) is 5.30.